The van der Waals surface area contributed by atoms with E-state index in [9.17, 15) is 18.0 Å². The van der Waals surface area contributed by atoms with Crippen molar-refractivity contribution in [2.24, 2.45) is 4.99 Å². The highest BCUT2D eigenvalue weighted by molar-refractivity contribution is 7.92. The van der Waals surface area contributed by atoms with Crippen LogP contribution in [0.2, 0.25) is 0 Å². The SMILES string of the molecule is C=CCn1c(=NC(=O)c2ccc(NS(=O)(=O)c3ccc(C)cc3)cc2)sc2cc(C(=O)OC)ccc21. The molecule has 0 saturated heterocycles. The molecule has 0 fully saturated rings. The third-order valence-electron chi connectivity index (χ3n) is 5.33. The first-order valence-electron chi connectivity index (χ1n) is 10.8. The third-order valence-corrected chi connectivity index (χ3v) is 7.77. The minimum Gasteiger partial charge on any atom is -0.465 e. The van der Waals surface area contributed by atoms with Crippen LogP contribution in [-0.2, 0) is 21.3 Å². The molecule has 4 aromatic rings. The van der Waals surface area contributed by atoms with Crippen molar-refractivity contribution in [3.8, 4) is 0 Å². The number of nitrogens with zero attached hydrogens (tertiary/aromatic N) is 2. The Morgan fingerprint density at radius 1 is 1.06 bits per heavy atom. The standard InChI is InChI=1S/C26H23N3O5S2/c1-4-15-29-22-14-9-19(25(31)34-3)16-23(22)35-26(29)27-24(30)18-7-10-20(11-8-18)28-36(32,33)21-12-5-17(2)6-13-21/h4-14,16,28H,1,15H2,2-3H3. The molecule has 4 rings (SSSR count). The van der Waals surface area contributed by atoms with E-state index in [1.807, 2.05) is 11.5 Å². The van der Waals surface area contributed by atoms with Gasteiger partial charge in [0, 0.05) is 17.8 Å². The van der Waals surface area contributed by atoms with E-state index >= 15 is 0 Å². The summed E-state index contributed by atoms with van der Waals surface area (Å²) >= 11 is 1.27. The highest BCUT2D eigenvalue weighted by Gasteiger charge is 2.15. The average molecular weight is 522 g/mol. The van der Waals surface area contributed by atoms with Crippen molar-refractivity contribution in [3.63, 3.8) is 0 Å². The van der Waals surface area contributed by atoms with Gasteiger partial charge in [-0.3, -0.25) is 9.52 Å². The molecule has 0 unspecified atom stereocenters. The molecule has 3 aromatic carbocycles. The summed E-state index contributed by atoms with van der Waals surface area (Å²) < 4.78 is 35.1. The fraction of sp³-hybridized carbons (Fsp3) is 0.115. The molecule has 0 saturated carbocycles. The number of carbonyl (C=O) groups is 2. The maximum atomic E-state index is 12.9. The molecule has 0 atom stereocenters. The minimum atomic E-state index is -3.75. The summed E-state index contributed by atoms with van der Waals surface area (Å²) in [6.07, 6.45) is 1.69. The first-order chi connectivity index (χ1) is 17.2. The summed E-state index contributed by atoms with van der Waals surface area (Å²) in [6.45, 7) is 6.07. The van der Waals surface area contributed by atoms with Gasteiger partial charge in [-0.1, -0.05) is 35.1 Å². The lowest BCUT2D eigenvalue weighted by Gasteiger charge is -2.08. The lowest BCUT2D eigenvalue weighted by atomic mass is 10.2. The summed E-state index contributed by atoms with van der Waals surface area (Å²) in [5.41, 5.74) is 2.79. The van der Waals surface area contributed by atoms with E-state index in [-0.39, 0.29) is 4.90 Å². The van der Waals surface area contributed by atoms with Gasteiger partial charge in [-0.2, -0.15) is 4.99 Å². The van der Waals surface area contributed by atoms with E-state index < -0.39 is 21.9 Å². The smallest absolute Gasteiger partial charge is 0.337 e. The Hall–Kier alpha value is -4.02. The number of nitrogens with one attached hydrogen (secondary N) is 1. The molecule has 1 amide bonds. The van der Waals surface area contributed by atoms with Gasteiger partial charge in [0.15, 0.2) is 4.80 Å². The van der Waals surface area contributed by atoms with E-state index in [2.05, 4.69) is 16.3 Å². The normalized spacial score (nSPS) is 11.9. The molecule has 0 aliphatic rings. The minimum absolute atomic E-state index is 0.148. The fourth-order valence-corrected chi connectivity index (χ4v) is 5.61. The highest BCUT2D eigenvalue weighted by atomic mass is 32.2. The Morgan fingerprint density at radius 2 is 1.72 bits per heavy atom. The lowest BCUT2D eigenvalue weighted by Crippen LogP contribution is -2.16. The number of carbonyl (C=O) groups excluding carboxylic acids is 2. The van der Waals surface area contributed by atoms with Crippen molar-refractivity contribution in [3.05, 3.63) is 101 Å². The lowest BCUT2D eigenvalue weighted by molar-refractivity contribution is 0.0600. The Kier molecular flexibility index (Phi) is 7.18. The molecular weight excluding hydrogens is 498 g/mol. The summed E-state index contributed by atoms with van der Waals surface area (Å²) in [5, 5.41) is 0. The molecular formula is C26H23N3O5S2. The second kappa shape index (κ2) is 10.3. The first kappa shape index (κ1) is 25.1. The molecule has 0 bridgehead atoms. The van der Waals surface area contributed by atoms with Crippen LogP contribution >= 0.6 is 11.3 Å². The molecule has 184 valence electrons. The van der Waals surface area contributed by atoms with Gasteiger partial charge in [-0.25, -0.2) is 13.2 Å². The Balaban J connectivity index is 1.62. The van der Waals surface area contributed by atoms with E-state index in [4.69, 9.17) is 4.74 Å². The molecule has 1 aromatic heterocycles. The summed E-state index contributed by atoms with van der Waals surface area (Å²) in [5.74, 6) is -0.936. The number of methoxy groups -OCH3 is 1. The fourth-order valence-electron chi connectivity index (χ4n) is 3.47. The van der Waals surface area contributed by atoms with Gasteiger partial charge < -0.3 is 9.30 Å². The second-order valence-corrected chi connectivity index (χ2v) is 10.6. The van der Waals surface area contributed by atoms with Gasteiger partial charge in [0.05, 0.1) is 27.8 Å². The molecule has 0 spiro atoms. The number of hydrogen-bond acceptors (Lipinski definition) is 6. The van der Waals surface area contributed by atoms with Crippen LogP contribution in [0, 0.1) is 6.92 Å². The zero-order chi connectivity index (χ0) is 25.9. The number of aromatic nitrogens is 1. The van der Waals surface area contributed by atoms with Crippen LogP contribution in [0.15, 0.2) is 89.3 Å². The Bertz CT molecular complexity index is 1630. The van der Waals surface area contributed by atoms with Gasteiger partial charge in [0.1, 0.15) is 0 Å². The quantitative estimate of drug-likeness (QED) is 0.284. The molecule has 0 aliphatic heterocycles. The zero-order valence-corrected chi connectivity index (χ0v) is 21.2. The number of sulfonamides is 1. The van der Waals surface area contributed by atoms with Crippen LogP contribution < -0.4 is 9.52 Å². The summed E-state index contributed by atoms with van der Waals surface area (Å²) in [4.78, 5) is 29.7. The number of aryl methyl sites for hydroxylation is 1. The monoisotopic (exact) mass is 521 g/mol. The summed E-state index contributed by atoms with van der Waals surface area (Å²) in [6, 6.07) is 17.7. The van der Waals surface area contributed by atoms with Crippen LogP contribution in [0.4, 0.5) is 5.69 Å². The topological polar surface area (TPSA) is 107 Å². The van der Waals surface area contributed by atoms with E-state index in [1.54, 1.807) is 36.4 Å². The first-order valence-corrected chi connectivity index (χ1v) is 13.1. The largest absolute Gasteiger partial charge is 0.465 e. The number of ether oxygens (including phenoxy) is 1. The van der Waals surface area contributed by atoms with Crippen molar-refractivity contribution >= 4 is 49.1 Å². The maximum Gasteiger partial charge on any atom is 0.337 e. The second-order valence-electron chi connectivity index (χ2n) is 7.87. The van der Waals surface area contributed by atoms with Crippen LogP contribution in [0.3, 0.4) is 0 Å². The molecule has 1 heterocycles. The van der Waals surface area contributed by atoms with Gasteiger partial charge in [0.25, 0.3) is 15.9 Å². The van der Waals surface area contributed by atoms with Crippen LogP contribution in [0.25, 0.3) is 10.2 Å². The van der Waals surface area contributed by atoms with Crippen LogP contribution in [0.1, 0.15) is 26.3 Å². The number of anilines is 1. The number of rotatable bonds is 7. The molecule has 0 aliphatic carbocycles. The van der Waals surface area contributed by atoms with E-state index in [0.717, 1.165) is 15.8 Å². The van der Waals surface area contributed by atoms with Gasteiger partial charge in [-0.05, 0) is 61.5 Å². The highest BCUT2D eigenvalue weighted by Crippen LogP contribution is 2.21. The zero-order valence-electron chi connectivity index (χ0n) is 19.6. The number of esters is 1. The predicted molar refractivity (Wildman–Crippen MR) is 140 cm³/mol. The number of amides is 1. The number of allylic oxidation sites excluding steroid dienone is 1. The van der Waals surface area contributed by atoms with Gasteiger partial charge >= 0.3 is 5.97 Å². The van der Waals surface area contributed by atoms with Crippen molar-refractivity contribution in [1.82, 2.24) is 4.57 Å². The Morgan fingerprint density at radius 3 is 2.36 bits per heavy atom. The predicted octanol–water partition coefficient (Wildman–Crippen LogP) is 4.53. The van der Waals surface area contributed by atoms with E-state index in [1.165, 1.54) is 54.8 Å². The van der Waals surface area contributed by atoms with Crippen LogP contribution in [0.5, 0.6) is 0 Å². The number of fused-ring (bicyclic) bond motifs is 1. The van der Waals surface area contributed by atoms with Crippen molar-refractivity contribution in [1.29, 1.82) is 0 Å². The molecule has 0 radical (unpaired) electrons. The van der Waals surface area contributed by atoms with Gasteiger partial charge in [0.2, 0.25) is 0 Å². The molecule has 10 heteroatoms. The summed E-state index contributed by atoms with van der Waals surface area (Å²) in [7, 11) is -2.44. The van der Waals surface area contributed by atoms with Gasteiger partial charge in [-0.15, -0.1) is 6.58 Å². The third kappa shape index (κ3) is 5.29. The maximum absolute atomic E-state index is 12.9. The number of benzene rings is 3. The number of thiazole rings is 1. The average Bonchev–Trinajstić information content (AvgIpc) is 3.20. The van der Waals surface area contributed by atoms with Crippen LogP contribution in [-0.4, -0.2) is 32.0 Å². The Labute approximate surface area is 212 Å². The number of hydrogen-bond donors (Lipinski definition) is 1. The van der Waals surface area contributed by atoms with Crippen molar-refractivity contribution < 1.29 is 22.7 Å². The molecule has 36 heavy (non-hydrogen) atoms. The van der Waals surface area contributed by atoms with Crippen molar-refractivity contribution in [2.45, 2.75) is 18.4 Å². The van der Waals surface area contributed by atoms with Crippen molar-refractivity contribution in [2.75, 3.05) is 11.8 Å². The van der Waals surface area contributed by atoms with E-state index in [0.29, 0.717) is 28.2 Å². The molecule has 1 N–H and O–H groups in total. The molecule has 8 nitrogen and oxygen atoms in total.